The lowest BCUT2D eigenvalue weighted by Gasteiger charge is -2.05. The van der Waals surface area contributed by atoms with E-state index in [4.69, 9.17) is 11.0 Å². The summed E-state index contributed by atoms with van der Waals surface area (Å²) in [5.74, 6) is -2.44. The van der Waals surface area contributed by atoms with Gasteiger partial charge >= 0.3 is 0 Å². The number of carbonyl (C=O) groups excluding carboxylic acids is 1. The summed E-state index contributed by atoms with van der Waals surface area (Å²) in [6, 6.07) is 1.70. The highest BCUT2D eigenvalue weighted by atomic mass is 19.3. The van der Waals surface area contributed by atoms with E-state index in [9.17, 15) is 18.0 Å². The van der Waals surface area contributed by atoms with Gasteiger partial charge < -0.3 is 5.73 Å². The van der Waals surface area contributed by atoms with E-state index in [0.29, 0.717) is 6.07 Å². The molecule has 0 aliphatic carbocycles. The van der Waals surface area contributed by atoms with Crippen LogP contribution in [0.15, 0.2) is 6.07 Å². The maximum atomic E-state index is 12.9. The molecule has 0 atom stereocenters. The Bertz CT molecular complexity index is 453. The molecule has 4 nitrogen and oxygen atoms in total. The first-order chi connectivity index (χ1) is 6.97. The lowest BCUT2D eigenvalue weighted by atomic mass is 10.1. The molecule has 2 N–H and O–H groups in total. The van der Waals surface area contributed by atoms with Gasteiger partial charge in [0.1, 0.15) is 11.8 Å². The molecule has 0 unspecified atom stereocenters. The van der Waals surface area contributed by atoms with Gasteiger partial charge in [-0.05, 0) is 6.07 Å². The molecule has 1 aromatic rings. The summed E-state index contributed by atoms with van der Waals surface area (Å²) in [7, 11) is 0. The zero-order valence-corrected chi connectivity index (χ0v) is 7.17. The summed E-state index contributed by atoms with van der Waals surface area (Å²) in [6.07, 6.45) is -3.08. The van der Waals surface area contributed by atoms with Gasteiger partial charge in [0.15, 0.2) is 11.5 Å². The maximum absolute atomic E-state index is 12.9. The summed E-state index contributed by atoms with van der Waals surface area (Å²) in [5.41, 5.74) is 2.31. The second-order valence-corrected chi connectivity index (χ2v) is 2.53. The number of alkyl halides is 2. The Morgan fingerprint density at radius 1 is 1.60 bits per heavy atom. The molecule has 1 amide bonds. The molecule has 0 aliphatic heterocycles. The van der Waals surface area contributed by atoms with Crippen LogP contribution in [0.4, 0.5) is 13.2 Å². The minimum absolute atomic E-state index is 0.385. The van der Waals surface area contributed by atoms with E-state index in [2.05, 4.69) is 4.98 Å². The van der Waals surface area contributed by atoms with Gasteiger partial charge in [0.25, 0.3) is 12.3 Å². The van der Waals surface area contributed by atoms with Crippen molar-refractivity contribution in [2.24, 2.45) is 5.73 Å². The van der Waals surface area contributed by atoms with Crippen molar-refractivity contribution in [1.29, 1.82) is 5.26 Å². The third-order valence-electron chi connectivity index (χ3n) is 1.58. The maximum Gasteiger partial charge on any atom is 0.267 e. The highest BCUT2D eigenvalue weighted by molar-refractivity contribution is 5.92. The largest absolute Gasteiger partial charge is 0.364 e. The second kappa shape index (κ2) is 3.96. The summed E-state index contributed by atoms with van der Waals surface area (Å²) < 4.78 is 37.5. The first-order valence-electron chi connectivity index (χ1n) is 3.66. The Balaban J connectivity index is 3.47. The lowest BCUT2D eigenvalue weighted by molar-refractivity contribution is 0.0979. The van der Waals surface area contributed by atoms with Crippen molar-refractivity contribution in [3.63, 3.8) is 0 Å². The van der Waals surface area contributed by atoms with E-state index >= 15 is 0 Å². The molecule has 1 aromatic heterocycles. The van der Waals surface area contributed by atoms with E-state index in [-0.39, 0.29) is 0 Å². The molecule has 0 saturated carbocycles. The number of rotatable bonds is 2. The number of nitrogens with zero attached hydrogens (tertiary/aromatic N) is 2. The molecule has 1 rings (SSSR count). The van der Waals surface area contributed by atoms with Crippen LogP contribution in [0.2, 0.25) is 0 Å². The first-order valence-corrected chi connectivity index (χ1v) is 3.66. The standard InChI is InChI=1S/C8H4F3N3O/c9-4-1-3(7(10)11)6(8(13)15)14-5(4)2-12/h1,7H,(H2,13,15). The molecular weight excluding hydrogens is 211 g/mol. The minimum Gasteiger partial charge on any atom is -0.364 e. The number of primary amides is 1. The van der Waals surface area contributed by atoms with E-state index in [1.54, 1.807) is 0 Å². The van der Waals surface area contributed by atoms with E-state index in [0.717, 1.165) is 0 Å². The predicted molar refractivity (Wildman–Crippen MR) is 42.4 cm³/mol. The van der Waals surface area contributed by atoms with Crippen LogP contribution in [0, 0.1) is 17.1 Å². The van der Waals surface area contributed by atoms with E-state index < -0.39 is 35.1 Å². The van der Waals surface area contributed by atoms with Crippen LogP contribution in [0.5, 0.6) is 0 Å². The Labute approximate surface area is 82.1 Å². The van der Waals surface area contributed by atoms with Gasteiger partial charge in [-0.1, -0.05) is 0 Å². The average molecular weight is 215 g/mol. The van der Waals surface area contributed by atoms with Crippen LogP contribution in [-0.2, 0) is 0 Å². The van der Waals surface area contributed by atoms with E-state index in [1.807, 2.05) is 0 Å². The number of hydrogen-bond acceptors (Lipinski definition) is 3. The molecule has 0 fully saturated rings. The molecular formula is C8H4F3N3O. The van der Waals surface area contributed by atoms with Crippen LogP contribution in [0.1, 0.15) is 28.2 Å². The predicted octanol–water partition coefficient (Wildman–Crippen LogP) is 1.13. The molecule has 0 radical (unpaired) electrons. The number of halogens is 3. The first kappa shape index (κ1) is 11.0. The zero-order valence-electron chi connectivity index (χ0n) is 7.17. The minimum atomic E-state index is -3.08. The fraction of sp³-hybridized carbons (Fsp3) is 0.125. The van der Waals surface area contributed by atoms with Gasteiger partial charge in [-0.25, -0.2) is 18.2 Å². The second-order valence-electron chi connectivity index (χ2n) is 2.53. The van der Waals surface area contributed by atoms with Gasteiger partial charge in [-0.2, -0.15) is 5.26 Å². The number of amides is 1. The van der Waals surface area contributed by atoms with Crippen LogP contribution in [-0.4, -0.2) is 10.9 Å². The van der Waals surface area contributed by atoms with Gasteiger partial charge in [-0.3, -0.25) is 4.79 Å². The van der Waals surface area contributed by atoms with Crippen LogP contribution < -0.4 is 5.73 Å². The topological polar surface area (TPSA) is 79.8 Å². The third-order valence-corrected chi connectivity index (χ3v) is 1.58. The van der Waals surface area contributed by atoms with Crippen LogP contribution >= 0.6 is 0 Å². The Morgan fingerprint density at radius 3 is 2.60 bits per heavy atom. The Hall–Kier alpha value is -2.10. The van der Waals surface area contributed by atoms with E-state index in [1.165, 1.54) is 6.07 Å². The number of nitrogens with two attached hydrogens (primary N) is 1. The average Bonchev–Trinajstić information content (AvgIpc) is 2.16. The van der Waals surface area contributed by atoms with Crippen LogP contribution in [0.3, 0.4) is 0 Å². The summed E-state index contributed by atoms with van der Waals surface area (Å²) in [6.45, 7) is 0. The van der Waals surface area contributed by atoms with Crippen molar-refractivity contribution < 1.29 is 18.0 Å². The highest BCUT2D eigenvalue weighted by Gasteiger charge is 2.21. The van der Waals surface area contributed by atoms with Gasteiger partial charge in [0.2, 0.25) is 0 Å². The fourth-order valence-electron chi connectivity index (χ4n) is 0.945. The van der Waals surface area contributed by atoms with Crippen molar-refractivity contribution in [1.82, 2.24) is 4.98 Å². The van der Waals surface area contributed by atoms with Crippen molar-refractivity contribution >= 4 is 5.91 Å². The molecule has 0 bridgehead atoms. The van der Waals surface area contributed by atoms with Gasteiger partial charge in [-0.15, -0.1) is 0 Å². The molecule has 7 heteroatoms. The van der Waals surface area contributed by atoms with Crippen molar-refractivity contribution in [3.05, 3.63) is 28.8 Å². The molecule has 0 spiro atoms. The quantitative estimate of drug-likeness (QED) is 0.802. The number of hydrogen-bond donors (Lipinski definition) is 1. The highest BCUT2D eigenvalue weighted by Crippen LogP contribution is 2.23. The molecule has 0 aromatic carbocycles. The summed E-state index contributed by atoms with van der Waals surface area (Å²) in [5, 5.41) is 8.36. The molecule has 15 heavy (non-hydrogen) atoms. The third kappa shape index (κ3) is 2.04. The summed E-state index contributed by atoms with van der Waals surface area (Å²) in [4.78, 5) is 13.8. The number of nitriles is 1. The lowest BCUT2D eigenvalue weighted by Crippen LogP contribution is -2.17. The van der Waals surface area contributed by atoms with Crippen LogP contribution in [0.25, 0.3) is 0 Å². The van der Waals surface area contributed by atoms with Gasteiger partial charge in [0, 0.05) is 0 Å². The normalized spacial score (nSPS) is 10.1. The van der Waals surface area contributed by atoms with Crippen molar-refractivity contribution in [3.8, 4) is 6.07 Å². The smallest absolute Gasteiger partial charge is 0.267 e. The van der Waals surface area contributed by atoms with Crippen molar-refractivity contribution in [2.45, 2.75) is 6.43 Å². The van der Waals surface area contributed by atoms with Gasteiger partial charge in [0.05, 0.1) is 5.56 Å². The fourth-order valence-corrected chi connectivity index (χ4v) is 0.945. The number of carbonyl (C=O) groups is 1. The monoisotopic (exact) mass is 215 g/mol. The summed E-state index contributed by atoms with van der Waals surface area (Å²) >= 11 is 0. The van der Waals surface area contributed by atoms with Crippen molar-refractivity contribution in [2.75, 3.05) is 0 Å². The molecule has 78 valence electrons. The number of aromatic nitrogens is 1. The molecule has 0 aliphatic rings. The SMILES string of the molecule is N#Cc1nc(C(N)=O)c(C(F)F)cc1F. The Morgan fingerprint density at radius 2 is 2.20 bits per heavy atom. The number of pyridine rings is 1. The molecule has 0 saturated heterocycles. The zero-order chi connectivity index (χ0) is 11.6. The molecule has 1 heterocycles. The Kier molecular flexibility index (Phi) is 2.90.